The van der Waals surface area contributed by atoms with Gasteiger partial charge in [-0.1, -0.05) is 30.0 Å². The number of rotatable bonds is 3. The fourth-order valence-electron chi connectivity index (χ4n) is 1.52. The molecule has 0 aliphatic carbocycles. The van der Waals surface area contributed by atoms with E-state index in [9.17, 15) is 9.65 Å². The van der Waals surface area contributed by atoms with Crippen LogP contribution in [0, 0.1) is 17.1 Å². The number of halogens is 1. The van der Waals surface area contributed by atoms with Gasteiger partial charge in [0.1, 0.15) is 11.9 Å². The fraction of sp³-hybridized carbons (Fsp3) is 0.0714. The molecule has 2 rings (SSSR count). The van der Waals surface area contributed by atoms with Crippen molar-refractivity contribution in [2.45, 2.75) is 14.7 Å². The van der Waals surface area contributed by atoms with Crippen molar-refractivity contribution in [1.29, 1.82) is 5.26 Å². The molecule has 2 aromatic rings. The summed E-state index contributed by atoms with van der Waals surface area (Å²) in [6, 6.07) is 14.4. The lowest BCUT2D eigenvalue weighted by atomic mass is 10.2. The van der Waals surface area contributed by atoms with Gasteiger partial charge in [-0.25, -0.2) is 4.39 Å². The van der Waals surface area contributed by atoms with Crippen LogP contribution in [-0.2, 0) is 0 Å². The second-order valence-corrected chi connectivity index (χ2v) is 5.41. The molecular formula is C14H10FNS2. The molecule has 0 bridgehead atoms. The molecule has 0 aromatic heterocycles. The van der Waals surface area contributed by atoms with Gasteiger partial charge in [0.2, 0.25) is 0 Å². The molecule has 0 saturated carbocycles. The van der Waals surface area contributed by atoms with Crippen molar-refractivity contribution in [3.63, 3.8) is 0 Å². The minimum absolute atomic E-state index is 0.263. The van der Waals surface area contributed by atoms with Crippen LogP contribution in [-0.4, -0.2) is 6.26 Å². The van der Waals surface area contributed by atoms with Crippen molar-refractivity contribution in [2.75, 3.05) is 6.26 Å². The molecule has 2 aromatic carbocycles. The molecule has 0 aliphatic rings. The van der Waals surface area contributed by atoms with Gasteiger partial charge in [-0.3, -0.25) is 0 Å². The summed E-state index contributed by atoms with van der Waals surface area (Å²) in [5.41, 5.74) is 0.609. The van der Waals surface area contributed by atoms with Gasteiger partial charge < -0.3 is 0 Å². The average molecular weight is 275 g/mol. The smallest absolute Gasteiger partial charge is 0.137 e. The highest BCUT2D eigenvalue weighted by atomic mass is 32.2. The zero-order chi connectivity index (χ0) is 13.0. The Hall–Kier alpha value is -1.44. The minimum atomic E-state index is -0.263. The molecule has 0 atom stereocenters. The summed E-state index contributed by atoms with van der Waals surface area (Å²) >= 11 is 2.80. The quantitative estimate of drug-likeness (QED) is 0.767. The lowest BCUT2D eigenvalue weighted by Gasteiger charge is -2.07. The number of hydrogen-bond donors (Lipinski definition) is 0. The van der Waals surface area contributed by atoms with E-state index in [1.54, 1.807) is 18.2 Å². The van der Waals surface area contributed by atoms with Crippen LogP contribution in [0.1, 0.15) is 5.56 Å². The number of hydrogen-bond acceptors (Lipinski definition) is 3. The normalized spacial score (nSPS) is 10.1. The van der Waals surface area contributed by atoms with Crippen molar-refractivity contribution < 1.29 is 4.39 Å². The van der Waals surface area contributed by atoms with Crippen LogP contribution in [0.4, 0.5) is 4.39 Å². The second kappa shape index (κ2) is 5.94. The average Bonchev–Trinajstić information content (AvgIpc) is 2.41. The molecule has 0 fully saturated rings. The predicted molar refractivity (Wildman–Crippen MR) is 73.5 cm³/mol. The molecule has 0 N–H and O–H groups in total. The molecule has 0 amide bonds. The summed E-state index contributed by atoms with van der Waals surface area (Å²) in [6.07, 6.45) is 1.92. The SMILES string of the molecule is CSc1cccc(Sc2ccccc2F)c1C#N. The van der Waals surface area contributed by atoms with Gasteiger partial charge in [0.05, 0.1) is 5.56 Å². The van der Waals surface area contributed by atoms with Crippen LogP contribution < -0.4 is 0 Å². The summed E-state index contributed by atoms with van der Waals surface area (Å²) in [7, 11) is 0. The summed E-state index contributed by atoms with van der Waals surface area (Å²) in [6.45, 7) is 0. The van der Waals surface area contributed by atoms with E-state index in [0.717, 1.165) is 9.79 Å². The molecule has 0 heterocycles. The van der Waals surface area contributed by atoms with Crippen molar-refractivity contribution >= 4 is 23.5 Å². The Morgan fingerprint density at radius 2 is 1.67 bits per heavy atom. The molecule has 0 saturated heterocycles. The predicted octanol–water partition coefficient (Wildman–Crippen LogP) is 4.57. The monoisotopic (exact) mass is 275 g/mol. The van der Waals surface area contributed by atoms with Gasteiger partial charge in [-0.15, -0.1) is 11.8 Å². The maximum absolute atomic E-state index is 13.6. The van der Waals surface area contributed by atoms with Crippen LogP contribution in [0.3, 0.4) is 0 Å². The second-order valence-electron chi connectivity index (χ2n) is 3.48. The van der Waals surface area contributed by atoms with E-state index < -0.39 is 0 Å². The molecule has 18 heavy (non-hydrogen) atoms. The minimum Gasteiger partial charge on any atom is -0.206 e. The Balaban J connectivity index is 2.42. The van der Waals surface area contributed by atoms with Gasteiger partial charge in [-0.2, -0.15) is 5.26 Å². The van der Waals surface area contributed by atoms with Crippen molar-refractivity contribution in [3.05, 3.63) is 53.8 Å². The number of nitriles is 1. The largest absolute Gasteiger partial charge is 0.206 e. The first-order valence-electron chi connectivity index (χ1n) is 5.25. The Morgan fingerprint density at radius 3 is 2.33 bits per heavy atom. The van der Waals surface area contributed by atoms with E-state index in [-0.39, 0.29) is 5.82 Å². The van der Waals surface area contributed by atoms with E-state index in [1.165, 1.54) is 29.6 Å². The summed E-state index contributed by atoms with van der Waals surface area (Å²) in [5, 5.41) is 9.21. The lowest BCUT2D eigenvalue weighted by Crippen LogP contribution is -1.86. The highest BCUT2D eigenvalue weighted by molar-refractivity contribution is 8.00. The Kier molecular flexibility index (Phi) is 4.29. The Morgan fingerprint density at radius 1 is 1.00 bits per heavy atom. The highest BCUT2D eigenvalue weighted by Crippen LogP contribution is 2.35. The third-order valence-corrected chi connectivity index (χ3v) is 4.27. The molecule has 0 radical (unpaired) electrons. The summed E-state index contributed by atoms with van der Waals surface area (Å²) in [5.74, 6) is -0.263. The lowest BCUT2D eigenvalue weighted by molar-refractivity contribution is 0.602. The fourth-order valence-corrected chi connectivity index (χ4v) is 3.11. The summed E-state index contributed by atoms with van der Waals surface area (Å²) < 4.78 is 13.6. The van der Waals surface area contributed by atoms with E-state index in [1.807, 2.05) is 24.5 Å². The van der Waals surface area contributed by atoms with Crippen LogP contribution in [0.25, 0.3) is 0 Å². The van der Waals surface area contributed by atoms with Crippen LogP contribution in [0.5, 0.6) is 0 Å². The van der Waals surface area contributed by atoms with Crippen LogP contribution in [0.2, 0.25) is 0 Å². The first kappa shape index (κ1) is 13.0. The molecule has 0 unspecified atom stereocenters. The van der Waals surface area contributed by atoms with Crippen molar-refractivity contribution in [2.24, 2.45) is 0 Å². The van der Waals surface area contributed by atoms with Gasteiger partial charge in [0.15, 0.2) is 0 Å². The van der Waals surface area contributed by atoms with Gasteiger partial charge in [-0.05, 0) is 30.5 Å². The van der Waals surface area contributed by atoms with E-state index >= 15 is 0 Å². The van der Waals surface area contributed by atoms with E-state index in [4.69, 9.17) is 0 Å². The van der Waals surface area contributed by atoms with E-state index in [0.29, 0.717) is 10.5 Å². The third kappa shape index (κ3) is 2.69. The molecular weight excluding hydrogens is 265 g/mol. The highest BCUT2D eigenvalue weighted by Gasteiger charge is 2.10. The van der Waals surface area contributed by atoms with Gasteiger partial charge in [0.25, 0.3) is 0 Å². The van der Waals surface area contributed by atoms with E-state index in [2.05, 4.69) is 6.07 Å². The molecule has 90 valence electrons. The maximum Gasteiger partial charge on any atom is 0.137 e. The number of nitrogens with zero attached hydrogens (tertiary/aromatic N) is 1. The number of benzene rings is 2. The zero-order valence-electron chi connectivity index (χ0n) is 9.68. The molecule has 0 spiro atoms. The summed E-state index contributed by atoms with van der Waals surface area (Å²) in [4.78, 5) is 2.24. The Labute approximate surface area is 114 Å². The van der Waals surface area contributed by atoms with Crippen LogP contribution in [0.15, 0.2) is 57.2 Å². The number of thioether (sulfide) groups is 1. The Bertz CT molecular complexity index is 605. The maximum atomic E-state index is 13.6. The zero-order valence-corrected chi connectivity index (χ0v) is 11.3. The van der Waals surface area contributed by atoms with Gasteiger partial charge >= 0.3 is 0 Å². The van der Waals surface area contributed by atoms with Gasteiger partial charge in [0, 0.05) is 14.7 Å². The first-order valence-corrected chi connectivity index (χ1v) is 7.30. The first-order chi connectivity index (χ1) is 8.76. The molecule has 0 aliphatic heterocycles. The molecule has 1 nitrogen and oxygen atoms in total. The van der Waals surface area contributed by atoms with Crippen molar-refractivity contribution in [1.82, 2.24) is 0 Å². The molecule has 4 heteroatoms. The third-order valence-electron chi connectivity index (χ3n) is 2.38. The topological polar surface area (TPSA) is 23.8 Å². The standard InChI is InChI=1S/C14H10FNS2/c1-17-12-7-4-8-13(10(12)9-16)18-14-6-3-2-5-11(14)15/h2-8H,1H3. The van der Waals surface area contributed by atoms with Crippen molar-refractivity contribution in [3.8, 4) is 6.07 Å². The van der Waals surface area contributed by atoms with Crippen LogP contribution >= 0.6 is 23.5 Å².